The summed E-state index contributed by atoms with van der Waals surface area (Å²) in [6.07, 6.45) is 3.95. The molecule has 5 heteroatoms. The average Bonchev–Trinajstić information content (AvgIpc) is 2.67. The molecule has 1 aliphatic carbocycles. The average molecular weight is 399 g/mol. The molecule has 0 saturated carbocycles. The zero-order valence-electron chi connectivity index (χ0n) is 16.2. The molecule has 28 heavy (non-hydrogen) atoms. The lowest BCUT2D eigenvalue weighted by Crippen LogP contribution is -2.35. The number of Topliss-reactive ketones (excluding diaryl/α,β-unsaturated/α-hetero) is 1. The molecule has 0 radical (unpaired) electrons. The number of aryl methyl sites for hydroxylation is 1. The van der Waals surface area contributed by atoms with Crippen LogP contribution in [0.3, 0.4) is 0 Å². The molecule has 4 rings (SSSR count). The quantitative estimate of drug-likeness (QED) is 0.751. The van der Waals surface area contributed by atoms with Gasteiger partial charge in [0, 0.05) is 30.1 Å². The van der Waals surface area contributed by atoms with Crippen LogP contribution >= 0.6 is 12.4 Å². The molecule has 1 aliphatic heterocycles. The Kier molecular flexibility index (Phi) is 6.53. The maximum atomic E-state index is 13.2. The fraction of sp³-hybridized carbons (Fsp3) is 0.391. The molecule has 148 valence electrons. The van der Waals surface area contributed by atoms with Gasteiger partial charge >= 0.3 is 0 Å². The number of benzene rings is 2. The highest BCUT2D eigenvalue weighted by atomic mass is 35.5. The van der Waals surface area contributed by atoms with E-state index < -0.39 is 0 Å². The van der Waals surface area contributed by atoms with Crippen molar-refractivity contribution in [1.82, 2.24) is 5.32 Å². The number of amides is 1. The van der Waals surface area contributed by atoms with Gasteiger partial charge in [-0.25, -0.2) is 0 Å². The summed E-state index contributed by atoms with van der Waals surface area (Å²) < 4.78 is 0. The van der Waals surface area contributed by atoms with Gasteiger partial charge in [-0.1, -0.05) is 30.3 Å². The van der Waals surface area contributed by atoms with E-state index in [1.165, 1.54) is 11.1 Å². The van der Waals surface area contributed by atoms with Crippen molar-refractivity contribution >= 4 is 29.8 Å². The molecule has 1 atom stereocenters. The molecule has 0 saturated heterocycles. The summed E-state index contributed by atoms with van der Waals surface area (Å²) in [5, 5.41) is 6.43. The van der Waals surface area contributed by atoms with Gasteiger partial charge < -0.3 is 10.6 Å². The number of fused-ring (bicyclic) bond motifs is 3. The monoisotopic (exact) mass is 398 g/mol. The fourth-order valence-electron chi connectivity index (χ4n) is 4.35. The second-order valence-corrected chi connectivity index (χ2v) is 7.66. The molecular weight excluding hydrogens is 372 g/mol. The Morgan fingerprint density at radius 2 is 1.86 bits per heavy atom. The first-order valence-electron chi connectivity index (χ1n) is 9.87. The molecule has 2 aliphatic rings. The Hall–Kier alpha value is -2.17. The Morgan fingerprint density at radius 3 is 2.64 bits per heavy atom. The van der Waals surface area contributed by atoms with Gasteiger partial charge in [-0.3, -0.25) is 9.59 Å². The second-order valence-electron chi connectivity index (χ2n) is 7.66. The number of hydrogen-bond acceptors (Lipinski definition) is 3. The summed E-state index contributed by atoms with van der Waals surface area (Å²) in [4.78, 5) is 25.0. The van der Waals surface area contributed by atoms with Crippen LogP contribution in [0.1, 0.15) is 45.5 Å². The van der Waals surface area contributed by atoms with Gasteiger partial charge in [0.1, 0.15) is 0 Å². The molecule has 4 nitrogen and oxygen atoms in total. The highest BCUT2D eigenvalue weighted by Crippen LogP contribution is 2.36. The third-order valence-corrected chi connectivity index (χ3v) is 5.83. The highest BCUT2D eigenvalue weighted by molar-refractivity contribution is 6.05. The van der Waals surface area contributed by atoms with Gasteiger partial charge in [0.05, 0.1) is 0 Å². The fourth-order valence-corrected chi connectivity index (χ4v) is 4.35. The minimum Gasteiger partial charge on any atom is -0.326 e. The minimum atomic E-state index is 0. The first kappa shape index (κ1) is 20.6. The number of carbonyl (C=O) groups excluding carboxylic acids is 2. The van der Waals surface area contributed by atoms with Crippen LogP contribution < -0.4 is 10.6 Å². The maximum Gasteiger partial charge on any atom is 0.224 e. The van der Waals surface area contributed by atoms with Crippen LogP contribution in [0.5, 0.6) is 0 Å². The topological polar surface area (TPSA) is 58.2 Å². The van der Waals surface area contributed by atoms with E-state index >= 15 is 0 Å². The van der Waals surface area contributed by atoms with Crippen molar-refractivity contribution in [3.63, 3.8) is 0 Å². The molecule has 2 aromatic carbocycles. The number of carbonyl (C=O) groups is 2. The van der Waals surface area contributed by atoms with Crippen LogP contribution in [0, 0.1) is 12.8 Å². The molecule has 1 unspecified atom stereocenters. The van der Waals surface area contributed by atoms with Crippen molar-refractivity contribution in [3.8, 4) is 0 Å². The van der Waals surface area contributed by atoms with E-state index in [0.717, 1.165) is 54.7 Å². The molecule has 0 bridgehead atoms. The van der Waals surface area contributed by atoms with Crippen LogP contribution in [0.2, 0.25) is 0 Å². The van der Waals surface area contributed by atoms with Crippen LogP contribution in [0.4, 0.5) is 5.69 Å². The number of ketones is 1. The third-order valence-electron chi connectivity index (χ3n) is 5.83. The summed E-state index contributed by atoms with van der Waals surface area (Å²) in [5.74, 6) is 0.320. The lowest BCUT2D eigenvalue weighted by atomic mass is 9.77. The van der Waals surface area contributed by atoms with Crippen LogP contribution in [-0.4, -0.2) is 24.8 Å². The van der Waals surface area contributed by atoms with E-state index in [1.54, 1.807) is 0 Å². The minimum absolute atomic E-state index is 0. The molecule has 0 aromatic heterocycles. The predicted octanol–water partition coefficient (Wildman–Crippen LogP) is 3.88. The largest absolute Gasteiger partial charge is 0.326 e. The van der Waals surface area contributed by atoms with Gasteiger partial charge in [0.2, 0.25) is 5.91 Å². The lowest BCUT2D eigenvalue weighted by molar-refractivity contribution is -0.116. The zero-order chi connectivity index (χ0) is 18.8. The van der Waals surface area contributed by atoms with Crippen LogP contribution in [0.25, 0.3) is 0 Å². The third kappa shape index (κ3) is 4.13. The van der Waals surface area contributed by atoms with Crippen molar-refractivity contribution in [2.24, 2.45) is 5.92 Å². The normalized spacial score (nSPS) is 18.0. The van der Waals surface area contributed by atoms with Gasteiger partial charge in [0.15, 0.2) is 5.78 Å². The zero-order valence-corrected chi connectivity index (χ0v) is 17.0. The molecule has 2 aromatic rings. The second kappa shape index (κ2) is 8.89. The van der Waals surface area contributed by atoms with Crippen LogP contribution in [-0.2, 0) is 24.1 Å². The van der Waals surface area contributed by atoms with E-state index in [4.69, 9.17) is 0 Å². The Balaban J connectivity index is 0.00000225. The summed E-state index contributed by atoms with van der Waals surface area (Å²) in [6.45, 7) is 3.65. The van der Waals surface area contributed by atoms with Gasteiger partial charge in [0.25, 0.3) is 0 Å². The smallest absolute Gasteiger partial charge is 0.224 e. The van der Waals surface area contributed by atoms with E-state index in [0.29, 0.717) is 12.8 Å². The number of anilines is 1. The van der Waals surface area contributed by atoms with Crippen molar-refractivity contribution < 1.29 is 9.59 Å². The first-order valence-corrected chi connectivity index (χ1v) is 9.87. The van der Waals surface area contributed by atoms with Crippen LogP contribution in [0.15, 0.2) is 36.4 Å². The molecule has 1 heterocycles. The van der Waals surface area contributed by atoms with Crippen molar-refractivity contribution in [2.75, 3.05) is 18.4 Å². The SMILES string of the molecule is Cc1cc2c(c3c1CCC(CNCCc1ccccc1)C3=O)CCC(=O)N2.Cl. The number of rotatable bonds is 5. The standard InChI is InChI=1S/C23H26N2O2.ClH/c1-15-13-20-19(9-10-21(26)25-20)22-18(15)8-7-17(23(22)27)14-24-12-11-16-5-3-2-4-6-16;/h2-6,13,17,24H,7-12,14H2,1H3,(H,25,26);1H. The molecule has 2 N–H and O–H groups in total. The summed E-state index contributed by atoms with van der Waals surface area (Å²) in [6, 6.07) is 12.4. The van der Waals surface area contributed by atoms with E-state index in [2.05, 4.69) is 34.9 Å². The van der Waals surface area contributed by atoms with E-state index in [9.17, 15) is 9.59 Å². The Morgan fingerprint density at radius 1 is 1.07 bits per heavy atom. The van der Waals surface area contributed by atoms with Gasteiger partial charge in [-0.2, -0.15) is 0 Å². The first-order chi connectivity index (χ1) is 13.1. The number of hydrogen-bond donors (Lipinski definition) is 2. The summed E-state index contributed by atoms with van der Waals surface area (Å²) in [7, 11) is 0. The molecular formula is C23H27ClN2O2. The van der Waals surface area contributed by atoms with E-state index in [-0.39, 0.29) is 30.0 Å². The predicted molar refractivity (Wildman–Crippen MR) is 115 cm³/mol. The summed E-state index contributed by atoms with van der Waals surface area (Å²) in [5.41, 5.74) is 6.41. The van der Waals surface area contributed by atoms with Gasteiger partial charge in [-0.15, -0.1) is 12.4 Å². The van der Waals surface area contributed by atoms with Crippen molar-refractivity contribution in [3.05, 3.63) is 64.2 Å². The Labute approximate surface area is 172 Å². The maximum absolute atomic E-state index is 13.2. The summed E-state index contributed by atoms with van der Waals surface area (Å²) >= 11 is 0. The van der Waals surface area contributed by atoms with Crippen molar-refractivity contribution in [1.29, 1.82) is 0 Å². The van der Waals surface area contributed by atoms with E-state index in [1.807, 2.05) is 19.1 Å². The highest BCUT2D eigenvalue weighted by Gasteiger charge is 2.33. The molecule has 0 fully saturated rings. The van der Waals surface area contributed by atoms with Crippen molar-refractivity contribution in [2.45, 2.75) is 39.0 Å². The number of nitrogens with one attached hydrogen (secondary N) is 2. The Bertz CT molecular complexity index is 880. The lowest BCUT2D eigenvalue weighted by Gasteiger charge is -2.30. The van der Waals surface area contributed by atoms with Gasteiger partial charge in [-0.05, 0) is 67.5 Å². The molecule has 1 amide bonds. The molecule has 0 spiro atoms. The number of halogens is 1.